The predicted octanol–water partition coefficient (Wildman–Crippen LogP) is 4.18. The minimum atomic E-state index is -4.63. The summed E-state index contributed by atoms with van der Waals surface area (Å²) < 4.78 is 45.5. The molecule has 1 heterocycles. The van der Waals surface area contributed by atoms with Crippen LogP contribution in [0.5, 0.6) is 11.5 Å². The Labute approximate surface area is 198 Å². The van der Waals surface area contributed by atoms with Gasteiger partial charge in [-0.25, -0.2) is 23.5 Å². The Kier molecular flexibility index (Phi) is 6.28. The van der Waals surface area contributed by atoms with Gasteiger partial charge in [-0.3, -0.25) is 15.1 Å². The van der Waals surface area contributed by atoms with Crippen LogP contribution in [0.2, 0.25) is 5.02 Å². The van der Waals surface area contributed by atoms with Gasteiger partial charge >= 0.3 is 23.2 Å². The first-order valence-corrected chi connectivity index (χ1v) is 10.7. The maximum absolute atomic E-state index is 13.1. The van der Waals surface area contributed by atoms with E-state index < -0.39 is 51.1 Å². The fraction of sp³-hybridized carbons (Fsp3) is 0.286. The van der Waals surface area contributed by atoms with Crippen LogP contribution < -0.4 is 21.8 Å². The fourth-order valence-electron chi connectivity index (χ4n) is 3.97. The van der Waals surface area contributed by atoms with Crippen LogP contribution in [0, 0.1) is 10.1 Å². The summed E-state index contributed by atoms with van der Waals surface area (Å²) in [7, 11) is 0. The lowest BCUT2D eigenvalue weighted by molar-refractivity contribution is -0.384. The van der Waals surface area contributed by atoms with E-state index in [0.717, 1.165) is 47.7 Å². The molecule has 0 radical (unpaired) electrons. The van der Waals surface area contributed by atoms with E-state index in [9.17, 15) is 37.7 Å². The monoisotopic (exact) mass is 512 g/mol. The molecule has 0 spiro atoms. The SMILES string of the molecule is O=c1[nH]c(=O)n(C2CCCC2)c(=O)n1-c1cc(Oc2ccc(C(F)(F)F)cc2Cl)ccc1[N+](=O)[O-]. The third kappa shape index (κ3) is 4.71. The largest absolute Gasteiger partial charge is 0.456 e. The lowest BCUT2D eigenvalue weighted by Crippen LogP contribution is -2.49. The first-order valence-electron chi connectivity index (χ1n) is 10.3. The molecule has 0 unspecified atom stereocenters. The maximum atomic E-state index is 13.1. The minimum absolute atomic E-state index is 0.155. The minimum Gasteiger partial charge on any atom is -0.456 e. The fourth-order valence-corrected chi connectivity index (χ4v) is 4.19. The van der Waals surface area contributed by atoms with E-state index in [1.54, 1.807) is 0 Å². The van der Waals surface area contributed by atoms with E-state index in [1.807, 2.05) is 4.98 Å². The molecule has 0 bridgehead atoms. The number of aromatic nitrogens is 3. The number of halogens is 4. The van der Waals surface area contributed by atoms with Gasteiger partial charge in [-0.2, -0.15) is 13.2 Å². The summed E-state index contributed by atoms with van der Waals surface area (Å²) in [5.41, 5.74) is -5.31. The van der Waals surface area contributed by atoms with Gasteiger partial charge in [-0.05, 0) is 37.1 Å². The van der Waals surface area contributed by atoms with Crippen molar-refractivity contribution < 1.29 is 22.8 Å². The van der Waals surface area contributed by atoms with Gasteiger partial charge in [0.05, 0.1) is 15.5 Å². The summed E-state index contributed by atoms with van der Waals surface area (Å²) in [4.78, 5) is 50.8. The molecule has 0 amide bonds. The Bertz CT molecular complexity index is 1490. The molecule has 1 fully saturated rings. The highest BCUT2D eigenvalue weighted by Crippen LogP contribution is 2.37. The molecule has 1 aliphatic rings. The van der Waals surface area contributed by atoms with Crippen LogP contribution >= 0.6 is 11.6 Å². The van der Waals surface area contributed by atoms with Crippen LogP contribution in [0.4, 0.5) is 18.9 Å². The smallest absolute Gasteiger partial charge is 0.416 e. The van der Waals surface area contributed by atoms with E-state index in [4.69, 9.17) is 16.3 Å². The third-order valence-electron chi connectivity index (χ3n) is 5.59. The predicted molar refractivity (Wildman–Crippen MR) is 118 cm³/mol. The molecule has 1 aliphatic carbocycles. The van der Waals surface area contributed by atoms with Crippen LogP contribution in [0.3, 0.4) is 0 Å². The third-order valence-corrected chi connectivity index (χ3v) is 5.89. The van der Waals surface area contributed by atoms with Crippen LogP contribution in [0.1, 0.15) is 37.3 Å². The highest BCUT2D eigenvalue weighted by molar-refractivity contribution is 6.32. The van der Waals surface area contributed by atoms with Crippen LogP contribution in [0.15, 0.2) is 50.8 Å². The van der Waals surface area contributed by atoms with Gasteiger partial charge in [0.2, 0.25) is 0 Å². The molecule has 0 aliphatic heterocycles. The number of rotatable bonds is 5. The second-order valence-corrected chi connectivity index (χ2v) is 8.22. The highest BCUT2D eigenvalue weighted by Gasteiger charge is 2.31. The van der Waals surface area contributed by atoms with Crippen molar-refractivity contribution in [2.24, 2.45) is 0 Å². The zero-order valence-corrected chi connectivity index (χ0v) is 18.4. The molecule has 35 heavy (non-hydrogen) atoms. The molecule has 14 heteroatoms. The lowest BCUT2D eigenvalue weighted by atomic mass is 10.2. The van der Waals surface area contributed by atoms with Gasteiger partial charge in [0.25, 0.3) is 5.69 Å². The van der Waals surface area contributed by atoms with Crippen LogP contribution in [-0.2, 0) is 6.18 Å². The first kappa shape index (κ1) is 24.3. The number of nitrogens with zero attached hydrogens (tertiary/aromatic N) is 3. The molecule has 10 nitrogen and oxygen atoms in total. The molecule has 1 N–H and O–H groups in total. The van der Waals surface area contributed by atoms with Crippen molar-refractivity contribution in [2.45, 2.75) is 37.9 Å². The van der Waals surface area contributed by atoms with Gasteiger partial charge in [0.1, 0.15) is 17.2 Å². The lowest BCUT2D eigenvalue weighted by Gasteiger charge is -2.15. The number of alkyl halides is 3. The summed E-state index contributed by atoms with van der Waals surface area (Å²) in [6.07, 6.45) is -2.04. The van der Waals surface area contributed by atoms with Crippen molar-refractivity contribution in [1.82, 2.24) is 14.1 Å². The quantitative estimate of drug-likeness (QED) is 0.403. The molecule has 184 valence electrons. The number of H-pyrrole nitrogens is 1. The van der Waals surface area contributed by atoms with Gasteiger partial charge in [0, 0.05) is 18.2 Å². The topological polar surface area (TPSA) is 129 Å². The summed E-state index contributed by atoms with van der Waals surface area (Å²) in [5.74, 6) is -0.353. The average Bonchev–Trinajstić information content (AvgIpc) is 3.28. The van der Waals surface area contributed by atoms with E-state index in [2.05, 4.69) is 0 Å². The van der Waals surface area contributed by atoms with Crippen molar-refractivity contribution in [3.63, 3.8) is 0 Å². The number of nitro groups is 1. The molecular formula is C21H16ClF3N4O6. The van der Waals surface area contributed by atoms with Crippen molar-refractivity contribution in [2.75, 3.05) is 0 Å². The number of nitrogens with one attached hydrogen (secondary N) is 1. The van der Waals surface area contributed by atoms with Crippen LogP contribution in [0.25, 0.3) is 5.69 Å². The van der Waals surface area contributed by atoms with Gasteiger partial charge in [-0.1, -0.05) is 24.4 Å². The Hall–Kier alpha value is -3.87. The number of ether oxygens (including phenoxy) is 1. The standard InChI is InChI=1S/C21H16ClF3N4O6/c22-14-9-11(21(23,24)25)5-8-17(14)35-13-6-7-15(29(33)34)16(10-13)28-19(31)26-18(30)27(20(28)32)12-3-1-2-4-12/h5-10,12H,1-4H2,(H,26,30,31). The van der Waals surface area contributed by atoms with E-state index in [1.165, 1.54) is 0 Å². The molecule has 4 rings (SSSR count). The number of nitro benzene ring substituents is 1. The zero-order valence-electron chi connectivity index (χ0n) is 17.7. The van der Waals surface area contributed by atoms with E-state index >= 15 is 0 Å². The zero-order chi connectivity index (χ0) is 25.5. The van der Waals surface area contributed by atoms with E-state index in [-0.39, 0.29) is 16.5 Å². The second-order valence-electron chi connectivity index (χ2n) is 7.81. The summed E-state index contributed by atoms with van der Waals surface area (Å²) in [6.45, 7) is 0. The van der Waals surface area contributed by atoms with Crippen molar-refractivity contribution in [1.29, 1.82) is 0 Å². The van der Waals surface area contributed by atoms with Gasteiger partial charge in [0.15, 0.2) is 0 Å². The normalized spacial score (nSPS) is 14.3. The van der Waals surface area contributed by atoms with Crippen molar-refractivity contribution >= 4 is 17.3 Å². The van der Waals surface area contributed by atoms with E-state index in [0.29, 0.717) is 23.5 Å². The highest BCUT2D eigenvalue weighted by atomic mass is 35.5. The Morgan fingerprint density at radius 1 is 1.06 bits per heavy atom. The second kappa shape index (κ2) is 9.06. The number of hydrogen-bond acceptors (Lipinski definition) is 6. The Morgan fingerprint density at radius 2 is 1.74 bits per heavy atom. The molecule has 1 aromatic heterocycles. The number of aromatic amines is 1. The molecular weight excluding hydrogens is 497 g/mol. The maximum Gasteiger partial charge on any atom is 0.416 e. The molecule has 1 saturated carbocycles. The van der Waals surface area contributed by atoms with Crippen LogP contribution in [-0.4, -0.2) is 19.0 Å². The van der Waals surface area contributed by atoms with Crippen molar-refractivity contribution in [3.8, 4) is 17.2 Å². The number of benzene rings is 2. The molecule has 3 aromatic rings. The van der Waals surface area contributed by atoms with Crippen molar-refractivity contribution in [3.05, 3.63) is 88.6 Å². The average molecular weight is 513 g/mol. The molecule has 2 aromatic carbocycles. The Morgan fingerprint density at radius 3 is 2.34 bits per heavy atom. The molecule has 0 atom stereocenters. The number of hydrogen-bond donors (Lipinski definition) is 1. The van der Waals surface area contributed by atoms with Gasteiger partial charge in [-0.15, -0.1) is 0 Å². The summed E-state index contributed by atoms with van der Waals surface area (Å²) >= 11 is 5.90. The Balaban J connectivity index is 1.83. The van der Waals surface area contributed by atoms with Gasteiger partial charge < -0.3 is 4.74 Å². The molecule has 0 saturated heterocycles. The summed E-state index contributed by atoms with van der Waals surface area (Å²) in [5, 5.41) is 11.2. The first-order chi connectivity index (χ1) is 16.5. The summed E-state index contributed by atoms with van der Waals surface area (Å²) in [6, 6.07) is 4.96.